The molecule has 15 heavy (non-hydrogen) atoms. The van der Waals surface area contributed by atoms with Gasteiger partial charge in [-0.1, -0.05) is 30.1 Å². The summed E-state index contributed by atoms with van der Waals surface area (Å²) in [5, 5.41) is 1.25. The van der Waals surface area contributed by atoms with Gasteiger partial charge < -0.3 is 10.5 Å². The van der Waals surface area contributed by atoms with Crippen LogP contribution in [0.3, 0.4) is 0 Å². The SMILES string of the molecule is CC[C@@H](N)COCc1cc(Cl)cc(Cl)c1. The van der Waals surface area contributed by atoms with Gasteiger partial charge in [0.2, 0.25) is 0 Å². The minimum atomic E-state index is 0.0969. The number of hydrogen-bond donors (Lipinski definition) is 1. The predicted octanol–water partition coefficient (Wildman–Crippen LogP) is 3.25. The van der Waals surface area contributed by atoms with E-state index in [9.17, 15) is 0 Å². The first-order valence-corrected chi connectivity index (χ1v) is 5.65. The molecule has 4 heteroatoms. The van der Waals surface area contributed by atoms with Crippen LogP contribution in [-0.2, 0) is 11.3 Å². The second-order valence-electron chi connectivity index (χ2n) is 3.46. The van der Waals surface area contributed by atoms with Gasteiger partial charge in [0.1, 0.15) is 0 Å². The number of ether oxygens (including phenoxy) is 1. The number of halogens is 2. The molecule has 0 saturated heterocycles. The van der Waals surface area contributed by atoms with Gasteiger partial charge in [-0.05, 0) is 30.2 Å². The van der Waals surface area contributed by atoms with E-state index in [2.05, 4.69) is 0 Å². The molecule has 0 heterocycles. The third-order valence-corrected chi connectivity index (χ3v) is 2.48. The van der Waals surface area contributed by atoms with Crippen molar-refractivity contribution in [1.82, 2.24) is 0 Å². The molecule has 0 aliphatic carbocycles. The average Bonchev–Trinajstić information content (AvgIpc) is 2.16. The minimum Gasteiger partial charge on any atom is -0.375 e. The summed E-state index contributed by atoms with van der Waals surface area (Å²) in [6.07, 6.45) is 0.913. The van der Waals surface area contributed by atoms with E-state index in [1.54, 1.807) is 6.07 Å². The Balaban J connectivity index is 2.43. The molecule has 1 aromatic carbocycles. The monoisotopic (exact) mass is 247 g/mol. The molecule has 0 unspecified atom stereocenters. The second-order valence-corrected chi connectivity index (χ2v) is 4.33. The van der Waals surface area contributed by atoms with Crippen LogP contribution in [0.5, 0.6) is 0 Å². The van der Waals surface area contributed by atoms with Gasteiger partial charge in [-0.15, -0.1) is 0 Å². The number of nitrogens with two attached hydrogens (primary N) is 1. The van der Waals surface area contributed by atoms with Gasteiger partial charge in [0.05, 0.1) is 13.2 Å². The number of hydrogen-bond acceptors (Lipinski definition) is 2. The Bertz CT molecular complexity index is 297. The summed E-state index contributed by atoms with van der Waals surface area (Å²) >= 11 is 11.7. The van der Waals surface area contributed by atoms with Crippen LogP contribution in [0, 0.1) is 0 Å². The maximum atomic E-state index is 5.85. The van der Waals surface area contributed by atoms with Crippen molar-refractivity contribution in [2.75, 3.05) is 6.61 Å². The lowest BCUT2D eigenvalue weighted by atomic mass is 10.2. The number of benzene rings is 1. The van der Waals surface area contributed by atoms with Crippen LogP contribution >= 0.6 is 23.2 Å². The van der Waals surface area contributed by atoms with E-state index in [4.69, 9.17) is 33.7 Å². The molecule has 1 aromatic rings. The van der Waals surface area contributed by atoms with Crippen LogP contribution in [-0.4, -0.2) is 12.6 Å². The van der Waals surface area contributed by atoms with E-state index in [0.717, 1.165) is 12.0 Å². The minimum absolute atomic E-state index is 0.0969. The van der Waals surface area contributed by atoms with Crippen molar-refractivity contribution in [3.05, 3.63) is 33.8 Å². The normalized spacial score (nSPS) is 12.8. The molecule has 2 nitrogen and oxygen atoms in total. The summed E-state index contributed by atoms with van der Waals surface area (Å²) in [6.45, 7) is 3.08. The topological polar surface area (TPSA) is 35.2 Å². The van der Waals surface area contributed by atoms with Crippen molar-refractivity contribution in [2.24, 2.45) is 5.73 Å². The largest absolute Gasteiger partial charge is 0.375 e. The van der Waals surface area contributed by atoms with Gasteiger partial charge in [-0.3, -0.25) is 0 Å². The fourth-order valence-corrected chi connectivity index (χ4v) is 1.71. The fraction of sp³-hybridized carbons (Fsp3) is 0.455. The quantitative estimate of drug-likeness (QED) is 0.868. The van der Waals surface area contributed by atoms with Crippen molar-refractivity contribution in [1.29, 1.82) is 0 Å². The Morgan fingerprint density at radius 2 is 1.87 bits per heavy atom. The van der Waals surface area contributed by atoms with Crippen LogP contribution in [0.15, 0.2) is 18.2 Å². The highest BCUT2D eigenvalue weighted by atomic mass is 35.5. The molecule has 0 aliphatic rings. The third kappa shape index (κ3) is 4.85. The van der Waals surface area contributed by atoms with E-state index < -0.39 is 0 Å². The summed E-state index contributed by atoms with van der Waals surface area (Å²) in [6, 6.07) is 5.47. The van der Waals surface area contributed by atoms with Crippen LogP contribution in [0.2, 0.25) is 10.0 Å². The molecule has 0 fully saturated rings. The van der Waals surface area contributed by atoms with E-state index in [0.29, 0.717) is 23.3 Å². The van der Waals surface area contributed by atoms with E-state index in [-0.39, 0.29) is 6.04 Å². The summed E-state index contributed by atoms with van der Waals surface area (Å²) in [5.41, 5.74) is 6.69. The standard InChI is InChI=1S/C11H15Cl2NO/c1-2-11(14)7-15-6-8-3-9(12)5-10(13)4-8/h3-5,11H,2,6-7,14H2,1H3/t11-/m1/s1. The molecular weight excluding hydrogens is 233 g/mol. The molecule has 0 spiro atoms. The lowest BCUT2D eigenvalue weighted by Crippen LogP contribution is -2.24. The molecule has 0 radical (unpaired) electrons. The summed E-state index contributed by atoms with van der Waals surface area (Å²) < 4.78 is 5.44. The van der Waals surface area contributed by atoms with E-state index in [1.807, 2.05) is 19.1 Å². The van der Waals surface area contributed by atoms with Gasteiger partial charge in [0.15, 0.2) is 0 Å². The zero-order valence-corrected chi connectivity index (χ0v) is 10.2. The first kappa shape index (κ1) is 12.8. The highest BCUT2D eigenvalue weighted by Gasteiger charge is 2.01. The van der Waals surface area contributed by atoms with E-state index >= 15 is 0 Å². The Morgan fingerprint density at radius 3 is 2.40 bits per heavy atom. The zero-order chi connectivity index (χ0) is 11.3. The predicted molar refractivity (Wildman–Crippen MR) is 64.4 cm³/mol. The smallest absolute Gasteiger partial charge is 0.0718 e. The van der Waals surface area contributed by atoms with Crippen LogP contribution in [0.1, 0.15) is 18.9 Å². The highest BCUT2D eigenvalue weighted by molar-refractivity contribution is 6.34. The second kappa shape index (κ2) is 6.33. The lowest BCUT2D eigenvalue weighted by molar-refractivity contribution is 0.107. The Kier molecular flexibility index (Phi) is 5.40. The van der Waals surface area contributed by atoms with Crippen LogP contribution in [0.25, 0.3) is 0 Å². The number of rotatable bonds is 5. The first-order valence-electron chi connectivity index (χ1n) is 4.90. The van der Waals surface area contributed by atoms with Gasteiger partial charge in [-0.25, -0.2) is 0 Å². The van der Waals surface area contributed by atoms with Crippen molar-refractivity contribution in [2.45, 2.75) is 26.0 Å². The summed E-state index contributed by atoms with van der Waals surface area (Å²) in [7, 11) is 0. The lowest BCUT2D eigenvalue weighted by Gasteiger charge is -2.09. The van der Waals surface area contributed by atoms with Crippen LogP contribution < -0.4 is 5.73 Å². The Hall–Kier alpha value is -0.280. The van der Waals surface area contributed by atoms with Gasteiger partial charge in [0, 0.05) is 16.1 Å². The molecule has 0 aliphatic heterocycles. The molecule has 1 atom stereocenters. The average molecular weight is 248 g/mol. The maximum Gasteiger partial charge on any atom is 0.0718 e. The third-order valence-electron chi connectivity index (χ3n) is 2.05. The fourth-order valence-electron chi connectivity index (χ4n) is 1.14. The van der Waals surface area contributed by atoms with Crippen molar-refractivity contribution in [3.8, 4) is 0 Å². The van der Waals surface area contributed by atoms with Crippen molar-refractivity contribution >= 4 is 23.2 Å². The molecule has 0 amide bonds. The first-order chi connectivity index (χ1) is 7.11. The molecule has 84 valence electrons. The molecule has 0 saturated carbocycles. The molecule has 0 aromatic heterocycles. The Labute approximate surface area is 100 Å². The molecule has 1 rings (SSSR count). The molecular formula is C11H15Cl2NO. The van der Waals surface area contributed by atoms with Gasteiger partial charge >= 0.3 is 0 Å². The molecule has 0 bridgehead atoms. The highest BCUT2D eigenvalue weighted by Crippen LogP contribution is 2.19. The zero-order valence-electron chi connectivity index (χ0n) is 8.67. The van der Waals surface area contributed by atoms with Gasteiger partial charge in [-0.2, -0.15) is 0 Å². The van der Waals surface area contributed by atoms with Crippen molar-refractivity contribution < 1.29 is 4.74 Å². The van der Waals surface area contributed by atoms with Crippen LogP contribution in [0.4, 0.5) is 0 Å². The molecule has 2 N–H and O–H groups in total. The van der Waals surface area contributed by atoms with E-state index in [1.165, 1.54) is 0 Å². The van der Waals surface area contributed by atoms with Crippen molar-refractivity contribution in [3.63, 3.8) is 0 Å². The maximum absolute atomic E-state index is 5.85. The summed E-state index contributed by atoms with van der Waals surface area (Å²) in [4.78, 5) is 0. The Morgan fingerprint density at radius 1 is 1.27 bits per heavy atom. The summed E-state index contributed by atoms with van der Waals surface area (Å²) in [5.74, 6) is 0. The van der Waals surface area contributed by atoms with Gasteiger partial charge in [0.25, 0.3) is 0 Å².